The molecule has 2 bridgehead atoms. The molecular formula is C22H28N4O3. The molecule has 1 aromatic rings. The van der Waals surface area contributed by atoms with E-state index in [4.69, 9.17) is 5.73 Å². The Morgan fingerprint density at radius 2 is 2.07 bits per heavy atom. The Bertz CT molecular complexity index is 885. The van der Waals surface area contributed by atoms with Gasteiger partial charge in [-0.3, -0.25) is 24.6 Å². The van der Waals surface area contributed by atoms with Gasteiger partial charge in [-0.05, 0) is 48.8 Å². The monoisotopic (exact) mass is 396 g/mol. The number of hydrogen-bond donors (Lipinski definition) is 2. The molecule has 3 unspecified atom stereocenters. The van der Waals surface area contributed by atoms with Crippen LogP contribution in [0, 0.1) is 5.92 Å². The van der Waals surface area contributed by atoms with Crippen LogP contribution in [0.15, 0.2) is 18.2 Å². The van der Waals surface area contributed by atoms with Gasteiger partial charge in [0.05, 0.1) is 0 Å². The smallest absolute Gasteiger partial charge is 0.255 e. The SMILES string of the molecule is NC12CCCC(CN(Cc3ccc4c(c3)C(=O)N(C3CCC(=O)NC3=O)C4)C1)C2. The first-order valence-electron chi connectivity index (χ1n) is 10.7. The van der Waals surface area contributed by atoms with Crippen molar-refractivity contribution in [2.75, 3.05) is 13.1 Å². The van der Waals surface area contributed by atoms with Crippen LogP contribution in [0.2, 0.25) is 0 Å². The second-order valence-electron chi connectivity index (χ2n) is 9.39. The van der Waals surface area contributed by atoms with Gasteiger partial charge in [0, 0.05) is 43.7 Å². The molecule has 4 aliphatic rings. The van der Waals surface area contributed by atoms with Gasteiger partial charge in [-0.1, -0.05) is 18.6 Å². The second kappa shape index (κ2) is 6.92. The molecule has 3 aliphatic heterocycles. The zero-order valence-corrected chi connectivity index (χ0v) is 16.7. The van der Waals surface area contributed by atoms with Gasteiger partial charge in [0.1, 0.15) is 6.04 Å². The number of carbonyl (C=O) groups is 3. The highest BCUT2D eigenvalue weighted by molar-refractivity contribution is 6.05. The minimum atomic E-state index is -0.561. The van der Waals surface area contributed by atoms with E-state index < -0.39 is 6.04 Å². The maximum atomic E-state index is 13.0. The summed E-state index contributed by atoms with van der Waals surface area (Å²) in [5.74, 6) is -0.0545. The molecule has 0 radical (unpaired) electrons. The Hall–Kier alpha value is -2.25. The van der Waals surface area contributed by atoms with Crippen molar-refractivity contribution in [3.63, 3.8) is 0 Å². The highest BCUT2D eigenvalue weighted by Crippen LogP contribution is 2.37. The number of nitrogens with zero attached hydrogens (tertiary/aromatic N) is 2. The van der Waals surface area contributed by atoms with Gasteiger partial charge in [-0.25, -0.2) is 0 Å². The lowest BCUT2D eigenvalue weighted by molar-refractivity contribution is -0.136. The molecule has 0 spiro atoms. The summed E-state index contributed by atoms with van der Waals surface area (Å²) >= 11 is 0. The number of piperidine rings is 2. The third kappa shape index (κ3) is 3.46. The molecule has 7 heteroatoms. The number of nitrogens with one attached hydrogen (secondary N) is 1. The van der Waals surface area contributed by atoms with E-state index in [2.05, 4.69) is 16.3 Å². The van der Waals surface area contributed by atoms with Crippen molar-refractivity contribution < 1.29 is 14.4 Å². The number of nitrogens with two attached hydrogens (primary N) is 1. The fraction of sp³-hybridized carbons (Fsp3) is 0.591. The first-order valence-corrected chi connectivity index (χ1v) is 10.7. The third-order valence-corrected chi connectivity index (χ3v) is 7.04. The second-order valence-corrected chi connectivity index (χ2v) is 9.39. The lowest BCUT2D eigenvalue weighted by Gasteiger charge is -2.48. The van der Waals surface area contributed by atoms with E-state index in [1.807, 2.05) is 12.1 Å². The third-order valence-electron chi connectivity index (χ3n) is 7.04. The minimum absolute atomic E-state index is 0.0592. The standard InChI is InChI=1S/C22H28N4O3/c23-22-7-1-2-15(9-22)11-25(13-22)10-14-3-4-16-12-26(21(29)17(16)8-14)18-5-6-19(27)24-20(18)28/h3-4,8,15,18H,1-2,5-7,9-13,23H2,(H,24,27,28). The molecule has 3 heterocycles. The predicted octanol–water partition coefficient (Wildman–Crippen LogP) is 1.15. The molecule has 1 saturated carbocycles. The normalized spacial score (nSPS) is 32.3. The van der Waals surface area contributed by atoms with Crippen LogP contribution in [0.3, 0.4) is 0 Å². The van der Waals surface area contributed by atoms with E-state index in [0.717, 1.165) is 43.6 Å². The summed E-state index contributed by atoms with van der Waals surface area (Å²) in [6, 6.07) is 5.53. The Balaban J connectivity index is 1.30. The van der Waals surface area contributed by atoms with E-state index in [1.54, 1.807) is 4.90 Å². The lowest BCUT2D eigenvalue weighted by atomic mass is 9.73. The van der Waals surface area contributed by atoms with Crippen molar-refractivity contribution in [1.29, 1.82) is 0 Å². The number of amides is 3. The van der Waals surface area contributed by atoms with Crippen LogP contribution in [0.1, 0.15) is 60.0 Å². The summed E-state index contributed by atoms with van der Waals surface area (Å²) in [6.45, 7) is 3.22. The zero-order chi connectivity index (χ0) is 20.2. The molecule has 3 atom stereocenters. The van der Waals surface area contributed by atoms with Gasteiger partial charge in [0.25, 0.3) is 5.91 Å². The molecule has 154 valence electrons. The van der Waals surface area contributed by atoms with Crippen molar-refractivity contribution in [3.05, 3.63) is 34.9 Å². The summed E-state index contributed by atoms with van der Waals surface area (Å²) in [6.07, 6.45) is 5.40. The molecule has 3 N–H and O–H groups in total. The zero-order valence-electron chi connectivity index (χ0n) is 16.7. The maximum absolute atomic E-state index is 13.0. The van der Waals surface area contributed by atoms with Crippen LogP contribution in [0.5, 0.6) is 0 Å². The molecular weight excluding hydrogens is 368 g/mol. The number of fused-ring (bicyclic) bond motifs is 3. The van der Waals surface area contributed by atoms with Crippen molar-refractivity contribution in [1.82, 2.24) is 15.1 Å². The molecule has 1 aliphatic carbocycles. The fourth-order valence-electron chi connectivity index (χ4n) is 5.78. The molecule has 2 saturated heterocycles. The van der Waals surface area contributed by atoms with Crippen molar-refractivity contribution in [3.8, 4) is 0 Å². The number of hydrogen-bond acceptors (Lipinski definition) is 5. The van der Waals surface area contributed by atoms with Crippen molar-refractivity contribution in [2.45, 2.75) is 63.2 Å². The topological polar surface area (TPSA) is 95.7 Å². The number of imide groups is 1. The maximum Gasteiger partial charge on any atom is 0.255 e. The Morgan fingerprint density at radius 3 is 2.86 bits per heavy atom. The van der Waals surface area contributed by atoms with Crippen LogP contribution < -0.4 is 11.1 Å². The Morgan fingerprint density at radius 1 is 1.21 bits per heavy atom. The quantitative estimate of drug-likeness (QED) is 0.748. The first-order chi connectivity index (χ1) is 13.9. The van der Waals surface area contributed by atoms with Crippen LogP contribution in [0.25, 0.3) is 0 Å². The van der Waals surface area contributed by atoms with Crippen LogP contribution in [-0.4, -0.2) is 52.2 Å². The Kier molecular flexibility index (Phi) is 4.47. The molecule has 5 rings (SSSR count). The van der Waals surface area contributed by atoms with Gasteiger partial charge >= 0.3 is 0 Å². The molecule has 29 heavy (non-hydrogen) atoms. The minimum Gasteiger partial charge on any atom is -0.324 e. The van der Waals surface area contributed by atoms with Crippen molar-refractivity contribution >= 4 is 17.7 Å². The molecule has 7 nitrogen and oxygen atoms in total. The predicted molar refractivity (Wildman–Crippen MR) is 107 cm³/mol. The summed E-state index contributed by atoms with van der Waals surface area (Å²) < 4.78 is 0. The molecule has 3 amide bonds. The van der Waals surface area contributed by atoms with E-state index >= 15 is 0 Å². The summed E-state index contributed by atoms with van der Waals surface area (Å²) in [4.78, 5) is 40.7. The number of benzene rings is 1. The Labute approximate surface area is 170 Å². The van der Waals surface area contributed by atoms with Gasteiger partial charge < -0.3 is 10.6 Å². The molecule has 1 aromatic carbocycles. The first kappa shape index (κ1) is 18.8. The van der Waals surface area contributed by atoms with Crippen LogP contribution >= 0.6 is 0 Å². The molecule has 0 aromatic heterocycles. The average Bonchev–Trinajstić information content (AvgIpc) is 2.97. The fourth-order valence-corrected chi connectivity index (χ4v) is 5.78. The van der Waals surface area contributed by atoms with Gasteiger partial charge in [-0.15, -0.1) is 0 Å². The number of rotatable bonds is 3. The average molecular weight is 396 g/mol. The lowest BCUT2D eigenvalue weighted by Crippen LogP contribution is -2.58. The van der Waals surface area contributed by atoms with Gasteiger partial charge in [-0.2, -0.15) is 0 Å². The van der Waals surface area contributed by atoms with Crippen LogP contribution in [-0.2, 0) is 22.7 Å². The van der Waals surface area contributed by atoms with Gasteiger partial charge in [0.2, 0.25) is 11.8 Å². The molecule has 3 fully saturated rings. The van der Waals surface area contributed by atoms with E-state index in [0.29, 0.717) is 24.4 Å². The van der Waals surface area contributed by atoms with E-state index in [9.17, 15) is 14.4 Å². The van der Waals surface area contributed by atoms with Gasteiger partial charge in [0.15, 0.2) is 0 Å². The van der Waals surface area contributed by atoms with Crippen LogP contribution in [0.4, 0.5) is 0 Å². The summed E-state index contributed by atoms with van der Waals surface area (Å²) in [7, 11) is 0. The summed E-state index contributed by atoms with van der Waals surface area (Å²) in [5.41, 5.74) is 9.31. The van der Waals surface area contributed by atoms with E-state index in [-0.39, 0.29) is 29.7 Å². The van der Waals surface area contributed by atoms with E-state index in [1.165, 1.54) is 12.8 Å². The largest absolute Gasteiger partial charge is 0.324 e. The number of carbonyl (C=O) groups excluding carboxylic acids is 3. The highest BCUT2D eigenvalue weighted by Gasteiger charge is 2.41. The number of likely N-dealkylation sites (tertiary alicyclic amines) is 1. The highest BCUT2D eigenvalue weighted by atomic mass is 16.2. The van der Waals surface area contributed by atoms with Crippen molar-refractivity contribution in [2.24, 2.45) is 11.7 Å². The summed E-state index contributed by atoms with van der Waals surface area (Å²) in [5, 5.41) is 2.35.